The Labute approximate surface area is 188 Å². The molecule has 2 aromatic rings. The fourth-order valence-electron chi connectivity index (χ4n) is 2.90. The largest absolute Gasteiger partial charge is 0.477 e. The standard InChI is InChI=1S/C14H14N8O4S3.ClH/c1-6-17-18-14(29-6)28-4-7-3-27-12-9(11(24)22(12)10(7)13(25)26)16-8(23)2-21-5-15-19-20-21;/h5,9,12H,2-4H2,1H3,(H,16,23)(H,25,26);1H/t9-,12-;/m1./s1. The van der Waals surface area contributed by atoms with Crippen LogP contribution in [-0.2, 0) is 20.9 Å². The summed E-state index contributed by atoms with van der Waals surface area (Å²) < 4.78 is 1.98. The van der Waals surface area contributed by atoms with E-state index in [2.05, 4.69) is 31.0 Å². The Balaban J connectivity index is 0.00000256. The first-order chi connectivity index (χ1) is 13.9. The van der Waals surface area contributed by atoms with Crippen molar-refractivity contribution in [1.82, 2.24) is 40.6 Å². The van der Waals surface area contributed by atoms with Gasteiger partial charge >= 0.3 is 5.97 Å². The van der Waals surface area contributed by atoms with E-state index in [9.17, 15) is 19.5 Å². The normalized spacial score (nSPS) is 20.3. The molecule has 2 N–H and O–H groups in total. The van der Waals surface area contributed by atoms with Gasteiger partial charge in [-0.25, -0.2) is 9.48 Å². The summed E-state index contributed by atoms with van der Waals surface area (Å²) in [6.07, 6.45) is 1.29. The highest BCUT2D eigenvalue weighted by atomic mass is 35.5. The van der Waals surface area contributed by atoms with Crippen molar-refractivity contribution in [2.45, 2.75) is 29.2 Å². The van der Waals surface area contributed by atoms with Gasteiger partial charge in [-0.15, -0.1) is 39.5 Å². The van der Waals surface area contributed by atoms with Crippen LogP contribution >= 0.6 is 47.3 Å². The molecule has 2 atom stereocenters. The van der Waals surface area contributed by atoms with Gasteiger partial charge in [-0.3, -0.25) is 14.5 Å². The SMILES string of the molecule is Cc1nnc(SCC2=C(C(=O)O)N3C(=O)[C@@H](NC(=O)Cn4cnnn4)[C@H]3SC2)s1.Cl. The lowest BCUT2D eigenvalue weighted by Gasteiger charge is -2.49. The Morgan fingerprint density at radius 3 is 2.83 bits per heavy atom. The van der Waals surface area contributed by atoms with E-state index in [0.717, 1.165) is 9.35 Å². The summed E-state index contributed by atoms with van der Waals surface area (Å²) in [5, 5.41) is 31.1. The Hall–Kier alpha value is -2.23. The van der Waals surface area contributed by atoms with Crippen molar-refractivity contribution < 1.29 is 19.5 Å². The molecule has 0 bridgehead atoms. The number of aryl methyl sites for hydroxylation is 1. The third-order valence-corrected chi connectivity index (χ3v) is 7.54. The van der Waals surface area contributed by atoms with E-state index < -0.39 is 29.2 Å². The first-order valence-electron chi connectivity index (χ1n) is 8.27. The van der Waals surface area contributed by atoms with Gasteiger partial charge in [-0.2, -0.15) is 0 Å². The Kier molecular flexibility index (Phi) is 6.95. The maximum absolute atomic E-state index is 12.6. The number of aliphatic carboxylic acids is 1. The number of β-lactam (4-membered cyclic amide) rings is 1. The van der Waals surface area contributed by atoms with Gasteiger partial charge in [0.05, 0.1) is 0 Å². The van der Waals surface area contributed by atoms with Crippen LogP contribution < -0.4 is 5.32 Å². The number of carbonyl (C=O) groups is 3. The maximum Gasteiger partial charge on any atom is 0.352 e. The zero-order valence-electron chi connectivity index (χ0n) is 15.3. The summed E-state index contributed by atoms with van der Waals surface area (Å²) in [4.78, 5) is 37.8. The lowest BCUT2D eigenvalue weighted by Crippen LogP contribution is -2.70. The zero-order chi connectivity index (χ0) is 20.5. The molecule has 1 saturated heterocycles. The average molecular weight is 491 g/mol. The number of aromatic nitrogens is 6. The molecule has 30 heavy (non-hydrogen) atoms. The number of carboxylic acid groups (broad SMARTS) is 1. The summed E-state index contributed by atoms with van der Waals surface area (Å²) in [6, 6.07) is -0.779. The molecule has 4 heterocycles. The minimum Gasteiger partial charge on any atom is -0.477 e. The van der Waals surface area contributed by atoms with Crippen LogP contribution in [0.3, 0.4) is 0 Å². The molecule has 0 radical (unpaired) electrons. The molecule has 2 aliphatic rings. The van der Waals surface area contributed by atoms with E-state index in [1.54, 1.807) is 0 Å². The van der Waals surface area contributed by atoms with Crippen LogP contribution in [0.25, 0.3) is 0 Å². The van der Waals surface area contributed by atoms with Crippen molar-refractivity contribution in [3.63, 3.8) is 0 Å². The smallest absolute Gasteiger partial charge is 0.352 e. The lowest BCUT2D eigenvalue weighted by molar-refractivity contribution is -0.150. The van der Waals surface area contributed by atoms with E-state index in [4.69, 9.17) is 0 Å². The molecule has 160 valence electrons. The molecule has 0 unspecified atom stereocenters. The maximum atomic E-state index is 12.6. The monoisotopic (exact) mass is 490 g/mol. The Morgan fingerprint density at radius 2 is 2.20 bits per heavy atom. The minimum atomic E-state index is -1.16. The van der Waals surface area contributed by atoms with Crippen molar-refractivity contribution in [1.29, 1.82) is 0 Å². The fraction of sp³-hybridized carbons (Fsp3) is 0.429. The summed E-state index contributed by atoms with van der Waals surface area (Å²) in [6.45, 7) is 1.72. The number of carboxylic acids is 1. The predicted octanol–water partition coefficient (Wildman–Crippen LogP) is -0.214. The van der Waals surface area contributed by atoms with Gasteiger partial charge in [0, 0.05) is 11.5 Å². The van der Waals surface area contributed by atoms with Crippen molar-refractivity contribution in [2.75, 3.05) is 11.5 Å². The van der Waals surface area contributed by atoms with Crippen LogP contribution in [0.15, 0.2) is 21.9 Å². The second-order valence-corrected chi connectivity index (χ2v) is 9.60. The average Bonchev–Trinajstić information content (AvgIpc) is 3.35. The molecule has 2 aliphatic heterocycles. The quantitative estimate of drug-likeness (QED) is 0.390. The van der Waals surface area contributed by atoms with Gasteiger partial charge in [0.1, 0.15) is 35.0 Å². The van der Waals surface area contributed by atoms with Gasteiger partial charge < -0.3 is 10.4 Å². The second kappa shape index (κ2) is 9.28. The minimum absolute atomic E-state index is 0. The number of nitrogens with zero attached hydrogens (tertiary/aromatic N) is 7. The van der Waals surface area contributed by atoms with Crippen LogP contribution in [0, 0.1) is 6.92 Å². The number of carbonyl (C=O) groups excluding carboxylic acids is 2. The van der Waals surface area contributed by atoms with Crippen LogP contribution in [0.2, 0.25) is 0 Å². The molecule has 16 heteroatoms. The summed E-state index contributed by atoms with van der Waals surface area (Å²) in [5.74, 6) is -1.19. The fourth-order valence-corrected chi connectivity index (χ4v) is 6.20. The van der Waals surface area contributed by atoms with Crippen LogP contribution in [0.1, 0.15) is 5.01 Å². The highest BCUT2D eigenvalue weighted by Crippen LogP contribution is 2.41. The molecule has 2 aromatic heterocycles. The number of thioether (sulfide) groups is 2. The van der Waals surface area contributed by atoms with Gasteiger partial charge in [-0.1, -0.05) is 23.1 Å². The number of tetrazole rings is 1. The van der Waals surface area contributed by atoms with Crippen molar-refractivity contribution >= 4 is 65.1 Å². The molecule has 1 fully saturated rings. The zero-order valence-corrected chi connectivity index (χ0v) is 18.6. The van der Waals surface area contributed by atoms with E-state index in [1.807, 2.05) is 6.92 Å². The van der Waals surface area contributed by atoms with Crippen LogP contribution in [-0.4, -0.2) is 81.1 Å². The second-order valence-electron chi connectivity index (χ2n) is 6.10. The number of nitrogens with one attached hydrogen (secondary N) is 1. The van der Waals surface area contributed by atoms with E-state index in [-0.39, 0.29) is 24.6 Å². The van der Waals surface area contributed by atoms with Crippen LogP contribution in [0.4, 0.5) is 0 Å². The number of amides is 2. The topological polar surface area (TPSA) is 156 Å². The van der Waals surface area contributed by atoms with Gasteiger partial charge in [0.25, 0.3) is 5.91 Å². The molecular formula is C14H15ClN8O4S3. The van der Waals surface area contributed by atoms with Crippen LogP contribution in [0.5, 0.6) is 0 Å². The predicted molar refractivity (Wildman–Crippen MR) is 110 cm³/mol. The lowest BCUT2D eigenvalue weighted by atomic mass is 10.0. The van der Waals surface area contributed by atoms with Crippen molar-refractivity contribution in [3.05, 3.63) is 22.6 Å². The Morgan fingerprint density at radius 1 is 1.40 bits per heavy atom. The number of hydrogen-bond donors (Lipinski definition) is 2. The molecule has 12 nitrogen and oxygen atoms in total. The molecular weight excluding hydrogens is 476 g/mol. The van der Waals surface area contributed by atoms with E-state index >= 15 is 0 Å². The highest BCUT2D eigenvalue weighted by molar-refractivity contribution is 8.01. The molecule has 0 saturated carbocycles. The van der Waals surface area contributed by atoms with Crippen molar-refractivity contribution in [3.8, 4) is 0 Å². The summed E-state index contributed by atoms with van der Waals surface area (Å²) in [5.41, 5.74) is 0.627. The number of hydrogen-bond acceptors (Lipinski definition) is 11. The van der Waals surface area contributed by atoms with Gasteiger partial charge in [0.15, 0.2) is 4.34 Å². The first kappa shape index (κ1) is 22.5. The van der Waals surface area contributed by atoms with Crippen molar-refractivity contribution in [2.24, 2.45) is 0 Å². The summed E-state index contributed by atoms with van der Waals surface area (Å²) >= 11 is 4.24. The highest BCUT2D eigenvalue weighted by Gasteiger charge is 2.54. The number of halogens is 1. The molecule has 2 amide bonds. The molecule has 0 aromatic carbocycles. The molecule has 0 aliphatic carbocycles. The van der Waals surface area contributed by atoms with E-state index in [1.165, 1.54) is 50.8 Å². The van der Waals surface area contributed by atoms with Gasteiger partial charge in [0.2, 0.25) is 5.91 Å². The Bertz CT molecular complexity index is 997. The summed E-state index contributed by atoms with van der Waals surface area (Å²) in [7, 11) is 0. The van der Waals surface area contributed by atoms with E-state index in [0.29, 0.717) is 17.1 Å². The molecule has 4 rings (SSSR count). The molecule has 0 spiro atoms. The number of rotatable bonds is 7. The number of fused-ring (bicyclic) bond motifs is 1. The first-order valence-corrected chi connectivity index (χ1v) is 11.1. The third kappa shape index (κ3) is 4.43. The third-order valence-electron chi connectivity index (χ3n) is 4.14. The van der Waals surface area contributed by atoms with Gasteiger partial charge in [-0.05, 0) is 22.9 Å².